The molecule has 0 N–H and O–H groups in total. The second-order valence-electron chi connectivity index (χ2n) is 5.41. The maximum absolute atomic E-state index is 12.6. The molecule has 1 fully saturated rings. The van der Waals surface area contributed by atoms with Gasteiger partial charge in [-0.1, -0.05) is 35.7 Å². The second kappa shape index (κ2) is 6.31. The van der Waals surface area contributed by atoms with Crippen LogP contribution in [-0.4, -0.2) is 23.9 Å². The Labute approximate surface area is 129 Å². The molecule has 1 amide bonds. The highest BCUT2D eigenvalue weighted by molar-refractivity contribution is 9.10. The molecule has 1 aromatic carbocycles. The van der Waals surface area contributed by atoms with Crippen LogP contribution >= 0.6 is 28.6 Å². The van der Waals surface area contributed by atoms with E-state index in [4.69, 9.17) is 0 Å². The molecule has 0 spiro atoms. The first-order valence-corrected chi connectivity index (χ1v) is 8.00. The summed E-state index contributed by atoms with van der Waals surface area (Å²) < 4.78 is 0.947. The molecule has 1 aromatic rings. The molecule has 0 radical (unpaired) electrons. The summed E-state index contributed by atoms with van der Waals surface area (Å²) in [5, 5.41) is 0. The first kappa shape index (κ1) is 14.9. The van der Waals surface area contributed by atoms with Gasteiger partial charge in [0.05, 0.1) is 5.56 Å². The lowest BCUT2D eigenvalue weighted by atomic mass is 9.85. The number of carbonyl (C=O) groups excluding carboxylic acids is 1. The number of hydrogen-bond acceptors (Lipinski definition) is 2. The van der Waals surface area contributed by atoms with Gasteiger partial charge in [-0.3, -0.25) is 4.79 Å². The Balaban J connectivity index is 2.18. The second-order valence-corrected chi connectivity index (χ2v) is 6.80. The molecule has 4 heteroatoms. The van der Waals surface area contributed by atoms with Gasteiger partial charge in [-0.15, -0.1) is 12.6 Å². The van der Waals surface area contributed by atoms with Crippen molar-refractivity contribution in [2.75, 3.05) is 7.05 Å². The summed E-state index contributed by atoms with van der Waals surface area (Å²) in [6.07, 6.45) is 4.84. The summed E-state index contributed by atoms with van der Waals surface area (Å²) >= 11 is 7.81. The van der Waals surface area contributed by atoms with E-state index in [9.17, 15) is 4.79 Å². The van der Waals surface area contributed by atoms with Gasteiger partial charge in [-0.05, 0) is 37.0 Å². The molecular weight excluding hydrogens is 322 g/mol. The van der Waals surface area contributed by atoms with Crippen LogP contribution in [0.15, 0.2) is 27.6 Å². The van der Waals surface area contributed by atoms with Gasteiger partial charge in [-0.2, -0.15) is 0 Å². The lowest BCUT2D eigenvalue weighted by Crippen LogP contribution is -2.42. The monoisotopic (exact) mass is 341 g/mol. The van der Waals surface area contributed by atoms with Crippen molar-refractivity contribution in [2.45, 2.75) is 43.5 Å². The number of halogens is 1. The molecular formula is C15H20BrNOS. The van der Waals surface area contributed by atoms with Gasteiger partial charge in [0.1, 0.15) is 0 Å². The van der Waals surface area contributed by atoms with Gasteiger partial charge in [-0.25, -0.2) is 0 Å². The van der Waals surface area contributed by atoms with Gasteiger partial charge in [0, 0.05) is 22.5 Å². The van der Waals surface area contributed by atoms with E-state index < -0.39 is 0 Å². The van der Waals surface area contributed by atoms with Crippen LogP contribution in [0.1, 0.15) is 43.0 Å². The molecule has 104 valence electrons. The van der Waals surface area contributed by atoms with Crippen molar-refractivity contribution in [3.63, 3.8) is 0 Å². The molecule has 2 atom stereocenters. The fourth-order valence-corrected chi connectivity index (χ4v) is 3.75. The van der Waals surface area contributed by atoms with Crippen molar-refractivity contribution in [3.05, 3.63) is 28.2 Å². The van der Waals surface area contributed by atoms with Crippen molar-refractivity contribution < 1.29 is 4.79 Å². The summed E-state index contributed by atoms with van der Waals surface area (Å²) in [7, 11) is 1.92. The van der Waals surface area contributed by atoms with Gasteiger partial charge in [0.25, 0.3) is 5.91 Å². The van der Waals surface area contributed by atoms with Gasteiger partial charge >= 0.3 is 0 Å². The zero-order valence-electron chi connectivity index (χ0n) is 11.4. The third-order valence-electron chi connectivity index (χ3n) is 4.07. The van der Waals surface area contributed by atoms with E-state index in [2.05, 4.69) is 35.5 Å². The number of nitrogens with zero attached hydrogens (tertiary/aromatic N) is 1. The predicted octanol–water partition coefficient (Wildman–Crippen LogP) is 4.39. The van der Waals surface area contributed by atoms with E-state index in [0.29, 0.717) is 17.5 Å². The maximum Gasteiger partial charge on any atom is 0.254 e. The summed E-state index contributed by atoms with van der Waals surface area (Å²) in [6.45, 7) is 2.25. The number of rotatable bonds is 2. The van der Waals surface area contributed by atoms with E-state index in [-0.39, 0.29) is 5.91 Å². The van der Waals surface area contributed by atoms with E-state index in [0.717, 1.165) is 15.8 Å². The van der Waals surface area contributed by atoms with Gasteiger partial charge < -0.3 is 4.90 Å². The summed E-state index contributed by atoms with van der Waals surface area (Å²) in [5.74, 6) is 0.665. The van der Waals surface area contributed by atoms with Crippen LogP contribution in [0.4, 0.5) is 0 Å². The molecule has 0 aromatic heterocycles. The standard InChI is InChI=1S/C15H20BrNOS/c1-10-5-3-4-6-13(10)17(2)15(18)12-8-7-11(16)9-14(12)19/h7-10,13,19H,3-6H2,1-2H3. The Kier molecular flexibility index (Phi) is 4.96. The average molecular weight is 342 g/mol. The van der Waals surface area contributed by atoms with E-state index in [1.54, 1.807) is 0 Å². The van der Waals surface area contributed by atoms with Crippen molar-refractivity contribution in [3.8, 4) is 0 Å². The van der Waals surface area contributed by atoms with E-state index in [1.807, 2.05) is 30.1 Å². The number of benzene rings is 1. The molecule has 0 aliphatic heterocycles. The lowest BCUT2D eigenvalue weighted by Gasteiger charge is -2.36. The molecule has 0 saturated heterocycles. The van der Waals surface area contributed by atoms with Crippen molar-refractivity contribution in [1.82, 2.24) is 4.90 Å². The fourth-order valence-electron chi connectivity index (χ4n) is 2.90. The Morgan fingerprint density at radius 2 is 2.05 bits per heavy atom. The zero-order valence-corrected chi connectivity index (χ0v) is 13.9. The fraction of sp³-hybridized carbons (Fsp3) is 0.533. The number of hydrogen-bond donors (Lipinski definition) is 1. The highest BCUT2D eigenvalue weighted by atomic mass is 79.9. The first-order chi connectivity index (χ1) is 9.00. The minimum absolute atomic E-state index is 0.0799. The molecule has 2 rings (SSSR count). The van der Waals surface area contributed by atoms with Crippen LogP contribution in [0.2, 0.25) is 0 Å². The van der Waals surface area contributed by atoms with Crippen LogP contribution in [0.25, 0.3) is 0 Å². The Morgan fingerprint density at radius 1 is 1.37 bits per heavy atom. The van der Waals surface area contributed by atoms with Crippen molar-refractivity contribution >= 4 is 34.5 Å². The van der Waals surface area contributed by atoms with Crippen LogP contribution in [0.5, 0.6) is 0 Å². The molecule has 1 saturated carbocycles. The van der Waals surface area contributed by atoms with Crippen molar-refractivity contribution in [2.24, 2.45) is 5.92 Å². The molecule has 2 unspecified atom stereocenters. The zero-order chi connectivity index (χ0) is 14.0. The quantitative estimate of drug-likeness (QED) is 0.791. The third-order valence-corrected chi connectivity index (χ3v) is 4.94. The molecule has 1 aliphatic carbocycles. The highest BCUT2D eigenvalue weighted by Crippen LogP contribution is 2.29. The van der Waals surface area contributed by atoms with Gasteiger partial charge in [0.2, 0.25) is 0 Å². The van der Waals surface area contributed by atoms with Crippen molar-refractivity contribution in [1.29, 1.82) is 0 Å². The molecule has 2 nitrogen and oxygen atoms in total. The molecule has 0 heterocycles. The van der Waals surface area contributed by atoms with Crippen LogP contribution in [0.3, 0.4) is 0 Å². The Bertz CT molecular complexity index is 477. The van der Waals surface area contributed by atoms with E-state index >= 15 is 0 Å². The predicted molar refractivity (Wildman–Crippen MR) is 84.9 cm³/mol. The topological polar surface area (TPSA) is 20.3 Å². The SMILES string of the molecule is CC1CCCCC1N(C)C(=O)c1ccc(Br)cc1S. The third kappa shape index (κ3) is 3.34. The number of carbonyl (C=O) groups is 1. The molecule has 19 heavy (non-hydrogen) atoms. The van der Waals surface area contributed by atoms with E-state index in [1.165, 1.54) is 19.3 Å². The Morgan fingerprint density at radius 3 is 2.68 bits per heavy atom. The highest BCUT2D eigenvalue weighted by Gasteiger charge is 2.28. The largest absolute Gasteiger partial charge is 0.338 e. The number of thiol groups is 1. The smallest absolute Gasteiger partial charge is 0.254 e. The number of amides is 1. The van der Waals surface area contributed by atoms with Crippen LogP contribution < -0.4 is 0 Å². The minimum atomic E-state index is 0.0799. The summed E-state index contributed by atoms with van der Waals surface area (Å²) in [5.41, 5.74) is 0.687. The average Bonchev–Trinajstić information content (AvgIpc) is 2.38. The van der Waals surface area contributed by atoms with Crippen LogP contribution in [-0.2, 0) is 0 Å². The maximum atomic E-state index is 12.6. The summed E-state index contributed by atoms with van der Waals surface area (Å²) in [6, 6.07) is 5.97. The normalized spacial score (nSPS) is 23.2. The molecule has 0 bridgehead atoms. The molecule has 1 aliphatic rings. The van der Waals surface area contributed by atoms with Gasteiger partial charge in [0.15, 0.2) is 0 Å². The van der Waals surface area contributed by atoms with Crippen LogP contribution in [0, 0.1) is 5.92 Å². The minimum Gasteiger partial charge on any atom is -0.338 e. The Hall–Kier alpha value is -0.480. The first-order valence-electron chi connectivity index (χ1n) is 6.76. The lowest BCUT2D eigenvalue weighted by molar-refractivity contribution is 0.0625. The summed E-state index contributed by atoms with van der Waals surface area (Å²) in [4.78, 5) is 15.2.